The predicted octanol–water partition coefficient (Wildman–Crippen LogP) is 6.68. The molecule has 0 aliphatic rings. The van der Waals surface area contributed by atoms with Gasteiger partial charge in [-0.15, -0.1) is 0 Å². The van der Waals surface area contributed by atoms with Crippen LogP contribution in [0.2, 0.25) is 0 Å². The number of alkyl halides is 3. The number of nitrogens with zero attached hydrogens (tertiary/aromatic N) is 2. The van der Waals surface area contributed by atoms with Crippen molar-refractivity contribution < 1.29 is 13.2 Å². The van der Waals surface area contributed by atoms with Crippen molar-refractivity contribution in [1.82, 2.24) is 9.97 Å². The van der Waals surface area contributed by atoms with Crippen LogP contribution in [-0.2, 0) is 6.18 Å². The number of anilines is 2. The maximum atomic E-state index is 12.8. The van der Waals surface area contributed by atoms with Crippen LogP contribution in [-0.4, -0.2) is 9.97 Å². The Morgan fingerprint density at radius 1 is 1.03 bits per heavy atom. The molecule has 7 heteroatoms. The molecule has 0 amide bonds. The van der Waals surface area contributed by atoms with Crippen LogP contribution >= 0.6 is 0 Å². The highest BCUT2D eigenvalue weighted by Gasteiger charge is 2.29. The van der Waals surface area contributed by atoms with Crippen molar-refractivity contribution in [2.75, 3.05) is 5.32 Å². The van der Waals surface area contributed by atoms with Gasteiger partial charge in [-0.05, 0) is 48.4 Å². The first-order valence-corrected chi connectivity index (χ1v) is 9.44. The van der Waals surface area contributed by atoms with Crippen LogP contribution in [0, 0.1) is 18.3 Å². The highest BCUT2D eigenvalue weighted by Crippen LogP contribution is 2.32. The second-order valence-electron chi connectivity index (χ2n) is 7.02. The molecule has 2 aromatic heterocycles. The van der Waals surface area contributed by atoms with Crippen LogP contribution in [0.1, 0.15) is 27.8 Å². The Labute approximate surface area is 176 Å². The van der Waals surface area contributed by atoms with Gasteiger partial charge in [0.1, 0.15) is 6.07 Å². The van der Waals surface area contributed by atoms with Crippen molar-refractivity contribution >= 4 is 34.4 Å². The number of hydrogen-bond acceptors (Lipinski definition) is 3. The van der Waals surface area contributed by atoms with Gasteiger partial charge < -0.3 is 10.3 Å². The number of benzene rings is 2. The van der Waals surface area contributed by atoms with Gasteiger partial charge in [0.2, 0.25) is 0 Å². The summed E-state index contributed by atoms with van der Waals surface area (Å²) < 4.78 is 38.3. The fourth-order valence-electron chi connectivity index (χ4n) is 3.35. The maximum Gasteiger partial charge on any atom is 0.416 e. The van der Waals surface area contributed by atoms with Crippen LogP contribution in [0.4, 0.5) is 24.5 Å². The van der Waals surface area contributed by atoms with Gasteiger partial charge >= 0.3 is 6.18 Å². The molecule has 2 heterocycles. The van der Waals surface area contributed by atoms with Crippen LogP contribution in [0.5, 0.6) is 0 Å². The largest absolute Gasteiger partial charge is 0.416 e. The lowest BCUT2D eigenvalue weighted by Gasteiger charge is -2.14. The molecule has 0 aliphatic heterocycles. The van der Waals surface area contributed by atoms with E-state index in [9.17, 15) is 18.4 Å². The van der Waals surface area contributed by atoms with E-state index in [1.165, 1.54) is 18.3 Å². The van der Waals surface area contributed by atoms with E-state index in [2.05, 4.69) is 21.4 Å². The molecule has 4 rings (SSSR count). The minimum atomic E-state index is -4.37. The number of nitriles is 1. The van der Waals surface area contributed by atoms with Gasteiger partial charge in [-0.3, -0.25) is 4.98 Å². The molecule has 0 saturated carbocycles. The minimum Gasteiger partial charge on any atom is -0.361 e. The summed E-state index contributed by atoms with van der Waals surface area (Å²) in [6, 6.07) is 12.9. The summed E-state index contributed by atoms with van der Waals surface area (Å²) in [5.74, 6) is 0. The number of pyridine rings is 1. The molecule has 0 bridgehead atoms. The van der Waals surface area contributed by atoms with Crippen molar-refractivity contribution in [3.63, 3.8) is 0 Å². The first-order chi connectivity index (χ1) is 14.9. The van der Waals surface area contributed by atoms with Crippen LogP contribution in [0.25, 0.3) is 23.1 Å². The number of aromatic amines is 1. The Bertz CT molecular complexity index is 1310. The first kappa shape index (κ1) is 20.2. The molecule has 0 fully saturated rings. The summed E-state index contributed by atoms with van der Waals surface area (Å²) in [6.45, 7) is 1.99. The van der Waals surface area contributed by atoms with Crippen LogP contribution < -0.4 is 5.32 Å². The number of H-pyrrole nitrogens is 1. The van der Waals surface area contributed by atoms with Gasteiger partial charge in [-0.1, -0.05) is 24.3 Å². The molecule has 31 heavy (non-hydrogen) atoms. The van der Waals surface area contributed by atoms with Crippen LogP contribution in [0.15, 0.2) is 61.1 Å². The second-order valence-corrected chi connectivity index (χ2v) is 7.02. The highest BCUT2D eigenvalue weighted by molar-refractivity contribution is 5.90. The van der Waals surface area contributed by atoms with E-state index in [1.54, 1.807) is 18.3 Å². The third-order valence-electron chi connectivity index (χ3n) is 5.05. The van der Waals surface area contributed by atoms with Gasteiger partial charge in [0, 0.05) is 40.7 Å². The molecular formula is C24H17F3N4. The molecule has 0 unspecified atom stereocenters. The number of aromatic nitrogens is 2. The normalized spacial score (nSPS) is 11.7. The average Bonchev–Trinajstić information content (AvgIpc) is 3.24. The van der Waals surface area contributed by atoms with E-state index in [4.69, 9.17) is 0 Å². The highest BCUT2D eigenvalue weighted by atomic mass is 19.4. The molecule has 0 saturated heterocycles. The van der Waals surface area contributed by atoms with E-state index in [1.807, 2.05) is 31.3 Å². The Morgan fingerprint density at radius 3 is 2.52 bits per heavy atom. The summed E-state index contributed by atoms with van der Waals surface area (Å²) >= 11 is 0. The topological polar surface area (TPSA) is 64.5 Å². The fraction of sp³-hybridized carbons (Fsp3) is 0.0833. The molecule has 4 nitrogen and oxygen atoms in total. The molecule has 2 N–H and O–H groups in total. The number of hydrogen-bond donors (Lipinski definition) is 2. The molecule has 4 aromatic rings. The monoisotopic (exact) mass is 418 g/mol. The smallest absolute Gasteiger partial charge is 0.361 e. The molecule has 0 aliphatic carbocycles. The molecular weight excluding hydrogens is 401 g/mol. The SMILES string of the molecule is Cc1c(Nc2c(C#N)cncc2/C=C/c2ccc(C(F)(F)F)cc2)ccc2[nH]ccc12. The number of aryl methyl sites for hydroxylation is 1. The Balaban J connectivity index is 1.68. The predicted molar refractivity (Wildman–Crippen MR) is 116 cm³/mol. The standard InChI is InChI=1S/C24H17F3N4/c1-15-20-10-11-30-22(20)9-8-21(15)31-23-17(13-29-14-18(23)12-28)5-2-16-3-6-19(7-4-16)24(25,26)27/h2-11,13-14,30H,1H3,(H,29,31)/b5-2+. The zero-order valence-corrected chi connectivity index (χ0v) is 16.5. The van der Waals surface area contributed by atoms with Gasteiger partial charge in [0.25, 0.3) is 0 Å². The number of nitrogens with one attached hydrogen (secondary N) is 2. The summed E-state index contributed by atoms with van der Waals surface area (Å²) in [4.78, 5) is 7.28. The van der Waals surface area contributed by atoms with E-state index < -0.39 is 11.7 Å². The van der Waals surface area contributed by atoms with E-state index >= 15 is 0 Å². The van der Waals surface area contributed by atoms with E-state index in [-0.39, 0.29) is 0 Å². The zero-order valence-electron chi connectivity index (χ0n) is 16.5. The summed E-state index contributed by atoms with van der Waals surface area (Å²) in [5, 5.41) is 14.0. The lowest BCUT2D eigenvalue weighted by Crippen LogP contribution is -2.03. The third-order valence-corrected chi connectivity index (χ3v) is 5.05. The Morgan fingerprint density at radius 2 is 1.81 bits per heavy atom. The minimum absolute atomic E-state index is 0.364. The lowest BCUT2D eigenvalue weighted by atomic mass is 10.1. The summed E-state index contributed by atoms with van der Waals surface area (Å²) in [7, 11) is 0. The molecule has 0 radical (unpaired) electrons. The lowest BCUT2D eigenvalue weighted by molar-refractivity contribution is -0.137. The van der Waals surface area contributed by atoms with Crippen molar-refractivity contribution in [3.8, 4) is 6.07 Å². The molecule has 0 spiro atoms. The van der Waals surface area contributed by atoms with E-state index in [0.717, 1.165) is 34.3 Å². The molecule has 0 atom stereocenters. The van der Waals surface area contributed by atoms with Gasteiger partial charge in [0.15, 0.2) is 0 Å². The van der Waals surface area contributed by atoms with Gasteiger partial charge in [-0.2, -0.15) is 18.4 Å². The van der Waals surface area contributed by atoms with E-state index in [0.29, 0.717) is 22.4 Å². The van der Waals surface area contributed by atoms with Crippen molar-refractivity contribution in [2.45, 2.75) is 13.1 Å². The van der Waals surface area contributed by atoms with Crippen molar-refractivity contribution in [2.24, 2.45) is 0 Å². The third kappa shape index (κ3) is 4.14. The summed E-state index contributed by atoms with van der Waals surface area (Å²) in [5.41, 5.74) is 4.38. The molecule has 154 valence electrons. The second kappa shape index (κ2) is 8.00. The number of fused-ring (bicyclic) bond motifs is 1. The number of rotatable bonds is 4. The average molecular weight is 418 g/mol. The Kier molecular flexibility index (Phi) is 5.22. The van der Waals surface area contributed by atoms with Gasteiger partial charge in [-0.25, -0.2) is 0 Å². The number of halogens is 3. The Hall–Kier alpha value is -4.05. The van der Waals surface area contributed by atoms with Gasteiger partial charge in [0.05, 0.1) is 16.8 Å². The zero-order chi connectivity index (χ0) is 22.0. The van der Waals surface area contributed by atoms with Crippen molar-refractivity contribution in [3.05, 3.63) is 88.9 Å². The quantitative estimate of drug-likeness (QED) is 0.389. The fourth-order valence-corrected chi connectivity index (χ4v) is 3.35. The maximum absolute atomic E-state index is 12.8. The van der Waals surface area contributed by atoms with Crippen molar-refractivity contribution in [1.29, 1.82) is 5.26 Å². The first-order valence-electron chi connectivity index (χ1n) is 9.44. The summed E-state index contributed by atoms with van der Waals surface area (Å²) in [6.07, 6.45) is 3.99. The van der Waals surface area contributed by atoms with Crippen LogP contribution in [0.3, 0.4) is 0 Å². The molecule has 2 aromatic carbocycles.